The highest BCUT2D eigenvalue weighted by atomic mass is 16.2. The fourth-order valence-corrected chi connectivity index (χ4v) is 0.446. The lowest BCUT2D eigenvalue weighted by Crippen LogP contribution is -2.24. The molecule has 0 atom stereocenters. The number of rotatable bonds is 2. The molecular formula is C9H21NO. The molecule has 0 spiro atoms. The highest BCUT2D eigenvalue weighted by Crippen LogP contribution is 1.86. The summed E-state index contributed by atoms with van der Waals surface area (Å²) in [6.45, 7) is 8.90. The maximum atomic E-state index is 10.7. The molecule has 0 aliphatic rings. The summed E-state index contributed by atoms with van der Waals surface area (Å²) >= 11 is 0. The van der Waals surface area contributed by atoms with Gasteiger partial charge in [0.05, 0.1) is 0 Å². The van der Waals surface area contributed by atoms with Gasteiger partial charge >= 0.3 is 0 Å². The van der Waals surface area contributed by atoms with Crippen molar-refractivity contribution in [1.29, 1.82) is 0 Å². The number of hydrogen-bond donors (Lipinski definition) is 0. The number of nitrogens with zero attached hydrogens (tertiary/aromatic N) is 1. The summed E-state index contributed by atoms with van der Waals surface area (Å²) in [4.78, 5) is 12.4. The van der Waals surface area contributed by atoms with Crippen LogP contribution in [0.3, 0.4) is 0 Å². The number of amides is 1. The van der Waals surface area contributed by atoms with Crippen LogP contribution < -0.4 is 0 Å². The summed E-state index contributed by atoms with van der Waals surface area (Å²) in [5.41, 5.74) is 0. The first-order valence-corrected chi connectivity index (χ1v) is 4.37. The van der Waals surface area contributed by atoms with Crippen LogP contribution in [0.25, 0.3) is 0 Å². The number of carbonyl (C=O) groups is 1. The zero-order chi connectivity index (χ0) is 9.28. The van der Waals surface area contributed by atoms with E-state index < -0.39 is 0 Å². The summed E-state index contributed by atoms with van der Waals surface area (Å²) in [5.74, 6) is 0.215. The second kappa shape index (κ2) is 9.47. The first-order valence-electron chi connectivity index (χ1n) is 4.37. The Morgan fingerprint density at radius 3 is 1.64 bits per heavy atom. The number of hydrogen-bond acceptors (Lipinski definition) is 1. The van der Waals surface area contributed by atoms with Crippen LogP contribution in [-0.4, -0.2) is 24.4 Å². The van der Waals surface area contributed by atoms with Crippen LogP contribution in [0.2, 0.25) is 0 Å². The molecule has 0 aromatic rings. The van der Waals surface area contributed by atoms with Crippen LogP contribution >= 0.6 is 0 Å². The van der Waals surface area contributed by atoms with Crippen LogP contribution in [0.5, 0.6) is 0 Å². The largest absolute Gasteiger partial charge is 0.346 e. The van der Waals surface area contributed by atoms with Gasteiger partial charge in [0, 0.05) is 20.0 Å². The molecule has 0 heterocycles. The first-order chi connectivity index (χ1) is 5.13. The van der Waals surface area contributed by atoms with Crippen molar-refractivity contribution >= 4 is 5.91 Å². The van der Waals surface area contributed by atoms with Gasteiger partial charge < -0.3 is 4.90 Å². The molecule has 0 saturated heterocycles. The molecular weight excluding hydrogens is 138 g/mol. The Balaban J connectivity index is 0. The van der Waals surface area contributed by atoms with Crippen molar-refractivity contribution in [3.8, 4) is 0 Å². The van der Waals surface area contributed by atoms with Gasteiger partial charge in [0.2, 0.25) is 5.91 Å². The molecule has 0 aromatic carbocycles. The lowest BCUT2D eigenvalue weighted by atomic mass is 10.4. The predicted molar refractivity (Wildman–Crippen MR) is 49.6 cm³/mol. The molecule has 0 unspecified atom stereocenters. The average molecular weight is 159 g/mol. The Bertz CT molecular complexity index is 91.6. The van der Waals surface area contributed by atoms with Crippen molar-refractivity contribution in [2.24, 2.45) is 0 Å². The van der Waals surface area contributed by atoms with Crippen molar-refractivity contribution < 1.29 is 4.79 Å². The van der Waals surface area contributed by atoms with E-state index in [0.717, 1.165) is 6.54 Å². The van der Waals surface area contributed by atoms with Gasteiger partial charge in [-0.2, -0.15) is 0 Å². The van der Waals surface area contributed by atoms with E-state index in [0.29, 0.717) is 6.42 Å². The van der Waals surface area contributed by atoms with Crippen molar-refractivity contribution in [2.75, 3.05) is 13.6 Å². The Labute approximate surface area is 70.6 Å². The summed E-state index contributed by atoms with van der Waals surface area (Å²) in [5, 5.41) is 0. The first kappa shape index (κ1) is 13.1. The monoisotopic (exact) mass is 159 g/mol. The Morgan fingerprint density at radius 1 is 1.18 bits per heavy atom. The molecule has 0 aliphatic carbocycles. The van der Waals surface area contributed by atoms with E-state index in [9.17, 15) is 4.79 Å². The smallest absolute Gasteiger partial charge is 0.222 e. The maximum absolute atomic E-state index is 10.7. The van der Waals surface area contributed by atoms with Crippen molar-refractivity contribution in [3.05, 3.63) is 0 Å². The molecule has 0 saturated carbocycles. The van der Waals surface area contributed by atoms with Gasteiger partial charge in [-0.3, -0.25) is 4.79 Å². The van der Waals surface area contributed by atoms with E-state index >= 15 is 0 Å². The highest BCUT2D eigenvalue weighted by Gasteiger charge is 1.99. The molecule has 0 aliphatic heterocycles. The third kappa shape index (κ3) is 9.47. The SMILES string of the molecule is CCC.CCC(=O)N(C)CC. The van der Waals surface area contributed by atoms with Gasteiger partial charge in [-0.25, -0.2) is 0 Å². The molecule has 0 radical (unpaired) electrons. The lowest BCUT2D eigenvalue weighted by molar-refractivity contribution is -0.129. The Morgan fingerprint density at radius 2 is 1.55 bits per heavy atom. The van der Waals surface area contributed by atoms with Crippen LogP contribution in [-0.2, 0) is 4.79 Å². The molecule has 1 amide bonds. The van der Waals surface area contributed by atoms with E-state index in [1.165, 1.54) is 6.42 Å². The zero-order valence-corrected chi connectivity index (χ0v) is 8.48. The number of carbonyl (C=O) groups excluding carboxylic acids is 1. The molecule has 68 valence electrons. The average Bonchev–Trinajstić information content (AvgIpc) is 2.03. The van der Waals surface area contributed by atoms with E-state index in [-0.39, 0.29) is 5.91 Å². The molecule has 0 fully saturated rings. The fraction of sp³-hybridized carbons (Fsp3) is 0.889. The van der Waals surface area contributed by atoms with Crippen LogP contribution in [0, 0.1) is 0 Å². The fourth-order valence-electron chi connectivity index (χ4n) is 0.446. The van der Waals surface area contributed by atoms with Crippen LogP contribution in [0.15, 0.2) is 0 Å². The zero-order valence-electron chi connectivity index (χ0n) is 8.48. The Kier molecular flexibility index (Phi) is 11.3. The van der Waals surface area contributed by atoms with Crippen molar-refractivity contribution in [2.45, 2.75) is 40.5 Å². The lowest BCUT2D eigenvalue weighted by Gasteiger charge is -2.11. The van der Waals surface area contributed by atoms with Gasteiger partial charge in [-0.15, -0.1) is 0 Å². The van der Waals surface area contributed by atoms with Crippen LogP contribution in [0.1, 0.15) is 40.5 Å². The molecule has 0 bridgehead atoms. The van der Waals surface area contributed by atoms with Gasteiger partial charge in [0.25, 0.3) is 0 Å². The van der Waals surface area contributed by atoms with Gasteiger partial charge in [-0.05, 0) is 6.92 Å². The van der Waals surface area contributed by atoms with E-state index in [4.69, 9.17) is 0 Å². The molecule has 0 rings (SSSR count). The topological polar surface area (TPSA) is 20.3 Å². The normalized spacial score (nSPS) is 8.09. The van der Waals surface area contributed by atoms with Crippen LogP contribution in [0.4, 0.5) is 0 Å². The predicted octanol–water partition coefficient (Wildman–Crippen LogP) is 2.29. The van der Waals surface area contributed by atoms with E-state index in [1.807, 2.05) is 20.9 Å². The summed E-state index contributed by atoms with van der Waals surface area (Å²) in [6.07, 6.45) is 1.87. The summed E-state index contributed by atoms with van der Waals surface area (Å²) in [6, 6.07) is 0. The van der Waals surface area contributed by atoms with Gasteiger partial charge in [0.1, 0.15) is 0 Å². The highest BCUT2D eigenvalue weighted by molar-refractivity contribution is 5.75. The molecule has 2 heteroatoms. The van der Waals surface area contributed by atoms with E-state index in [1.54, 1.807) is 4.90 Å². The van der Waals surface area contributed by atoms with E-state index in [2.05, 4.69) is 13.8 Å². The van der Waals surface area contributed by atoms with Crippen molar-refractivity contribution in [1.82, 2.24) is 4.90 Å². The second-order valence-corrected chi connectivity index (χ2v) is 2.47. The van der Waals surface area contributed by atoms with Gasteiger partial charge in [-0.1, -0.05) is 27.2 Å². The third-order valence-electron chi connectivity index (χ3n) is 1.20. The quantitative estimate of drug-likeness (QED) is 0.605. The van der Waals surface area contributed by atoms with Crippen molar-refractivity contribution in [3.63, 3.8) is 0 Å². The second-order valence-electron chi connectivity index (χ2n) is 2.47. The summed E-state index contributed by atoms with van der Waals surface area (Å²) < 4.78 is 0. The minimum atomic E-state index is 0.215. The standard InChI is InChI=1S/C6H13NO.C3H8/c1-4-6(8)7(3)5-2;1-3-2/h4-5H2,1-3H3;3H2,1-2H3. The molecule has 2 nitrogen and oxygen atoms in total. The molecule has 11 heavy (non-hydrogen) atoms. The minimum absolute atomic E-state index is 0.215. The van der Waals surface area contributed by atoms with Gasteiger partial charge in [0.15, 0.2) is 0 Å². The minimum Gasteiger partial charge on any atom is -0.346 e. The third-order valence-corrected chi connectivity index (χ3v) is 1.20. The Hall–Kier alpha value is -0.530. The maximum Gasteiger partial charge on any atom is 0.222 e. The summed E-state index contributed by atoms with van der Waals surface area (Å²) in [7, 11) is 1.81. The molecule has 0 N–H and O–H groups in total. The molecule has 0 aromatic heterocycles.